The molecule has 1 fully saturated rings. The van der Waals surface area contributed by atoms with Gasteiger partial charge in [-0.1, -0.05) is 29.7 Å². The fraction of sp³-hybridized carbons (Fsp3) is 0.467. The highest BCUT2D eigenvalue weighted by molar-refractivity contribution is 6.33. The van der Waals surface area contributed by atoms with Gasteiger partial charge in [0.1, 0.15) is 5.75 Å². The van der Waals surface area contributed by atoms with Crippen LogP contribution in [0.2, 0.25) is 5.02 Å². The molecule has 2 aromatic carbocycles. The monoisotopic (exact) mass is 538 g/mol. The van der Waals surface area contributed by atoms with Crippen LogP contribution >= 0.6 is 11.6 Å². The molecule has 7 nitrogen and oxygen atoms in total. The molecule has 1 aliphatic rings. The van der Waals surface area contributed by atoms with Crippen molar-refractivity contribution in [3.63, 3.8) is 0 Å². The number of aryl methyl sites for hydroxylation is 2. The Labute approximate surface area is 230 Å². The summed E-state index contributed by atoms with van der Waals surface area (Å²) in [4.78, 5) is 28.1. The van der Waals surface area contributed by atoms with Crippen LogP contribution < -0.4 is 15.8 Å². The molecule has 0 aliphatic carbocycles. The molecule has 8 heteroatoms. The Hall–Kier alpha value is -3.03. The van der Waals surface area contributed by atoms with Crippen molar-refractivity contribution in [2.24, 2.45) is 13.0 Å². The number of benzene rings is 2. The van der Waals surface area contributed by atoms with Gasteiger partial charge in [0.25, 0.3) is 5.91 Å². The third-order valence-electron chi connectivity index (χ3n) is 7.65. The second-order valence-corrected chi connectivity index (χ2v) is 10.9. The highest BCUT2D eigenvalue weighted by Crippen LogP contribution is 2.29. The fourth-order valence-electron chi connectivity index (χ4n) is 5.32. The zero-order chi connectivity index (χ0) is 27.2. The van der Waals surface area contributed by atoms with Gasteiger partial charge in [0.05, 0.1) is 23.4 Å². The normalized spacial score (nSPS) is 14.6. The first-order valence-corrected chi connectivity index (χ1v) is 13.9. The molecule has 2 heterocycles. The Morgan fingerprint density at radius 2 is 1.87 bits per heavy atom. The number of anilines is 1. The van der Waals surface area contributed by atoms with E-state index in [2.05, 4.69) is 35.3 Å². The average molecular weight is 539 g/mol. The molecule has 4 rings (SSSR count). The fourth-order valence-corrected chi connectivity index (χ4v) is 5.49. The van der Waals surface area contributed by atoms with Crippen LogP contribution in [0, 0.1) is 12.8 Å². The lowest BCUT2D eigenvalue weighted by Crippen LogP contribution is -2.39. The number of carbonyl (C=O) groups excluding carboxylic acids is 2. The molecule has 1 aromatic heterocycles. The van der Waals surface area contributed by atoms with Gasteiger partial charge in [-0.15, -0.1) is 0 Å². The highest BCUT2D eigenvalue weighted by Gasteiger charge is 2.21. The number of fused-ring (bicyclic) bond motifs is 1. The average Bonchev–Trinajstić information content (AvgIpc) is 3.24. The van der Waals surface area contributed by atoms with Crippen LogP contribution in [0.1, 0.15) is 64.8 Å². The second-order valence-electron chi connectivity index (χ2n) is 10.5. The minimum atomic E-state index is -0.195. The van der Waals surface area contributed by atoms with E-state index < -0.39 is 0 Å². The third kappa shape index (κ3) is 6.69. The van der Waals surface area contributed by atoms with Crippen molar-refractivity contribution >= 4 is 39.9 Å². The van der Waals surface area contributed by atoms with Gasteiger partial charge < -0.3 is 25.3 Å². The van der Waals surface area contributed by atoms with E-state index in [4.69, 9.17) is 22.1 Å². The van der Waals surface area contributed by atoms with Crippen molar-refractivity contribution in [1.82, 2.24) is 14.8 Å². The summed E-state index contributed by atoms with van der Waals surface area (Å²) in [6, 6.07) is 9.43. The number of nitrogens with two attached hydrogens (primary N) is 1. The number of carbonyl (C=O) groups is 2. The lowest BCUT2D eigenvalue weighted by atomic mass is 9.96. The van der Waals surface area contributed by atoms with E-state index in [9.17, 15) is 9.59 Å². The van der Waals surface area contributed by atoms with E-state index in [0.29, 0.717) is 40.9 Å². The number of amides is 1. The summed E-state index contributed by atoms with van der Waals surface area (Å²) in [5, 5.41) is 4.44. The highest BCUT2D eigenvalue weighted by atomic mass is 35.5. The number of ether oxygens (including phenoxy) is 1. The van der Waals surface area contributed by atoms with Gasteiger partial charge in [0.15, 0.2) is 5.78 Å². The van der Waals surface area contributed by atoms with E-state index in [0.717, 1.165) is 68.2 Å². The van der Waals surface area contributed by atoms with Crippen LogP contribution in [0.4, 0.5) is 5.69 Å². The quantitative estimate of drug-likeness (QED) is 0.188. The number of halogens is 1. The summed E-state index contributed by atoms with van der Waals surface area (Å²) in [5.41, 5.74) is 9.74. The van der Waals surface area contributed by atoms with Crippen LogP contribution in [0.15, 0.2) is 36.5 Å². The van der Waals surface area contributed by atoms with Crippen molar-refractivity contribution < 1.29 is 14.3 Å². The number of unbranched alkanes of at least 4 members (excludes halogenated alkanes) is 2. The number of hydrogen-bond acceptors (Lipinski definition) is 5. The topological polar surface area (TPSA) is 89.6 Å². The molecule has 38 heavy (non-hydrogen) atoms. The number of aromatic nitrogens is 1. The SMILES string of the molecule is COc1cc(N)c(Cl)cc1C(=O)NCC1CCN(CCCCCC(=O)c2cn(C)c3ccc(C)cc23)CC1. The third-order valence-corrected chi connectivity index (χ3v) is 7.97. The number of methoxy groups -OCH3 is 1. The van der Waals surface area contributed by atoms with E-state index in [1.165, 1.54) is 12.7 Å². The van der Waals surface area contributed by atoms with E-state index in [1.54, 1.807) is 12.1 Å². The number of nitrogen functional groups attached to an aromatic ring is 1. The molecule has 0 bridgehead atoms. The Bertz CT molecular complexity index is 1290. The van der Waals surface area contributed by atoms with Gasteiger partial charge in [-0.25, -0.2) is 0 Å². The Morgan fingerprint density at radius 1 is 1.11 bits per heavy atom. The molecular weight excluding hydrogens is 500 g/mol. The van der Waals surface area contributed by atoms with Crippen LogP contribution in [0.5, 0.6) is 5.75 Å². The Morgan fingerprint density at radius 3 is 2.61 bits per heavy atom. The summed E-state index contributed by atoms with van der Waals surface area (Å²) in [5.74, 6) is 0.919. The molecule has 1 saturated heterocycles. The number of rotatable bonds is 11. The van der Waals surface area contributed by atoms with Gasteiger partial charge in [-0.2, -0.15) is 0 Å². The molecule has 3 N–H and O–H groups in total. The number of hydrogen-bond donors (Lipinski definition) is 2. The van der Waals surface area contributed by atoms with Crippen molar-refractivity contribution in [1.29, 1.82) is 0 Å². The largest absolute Gasteiger partial charge is 0.496 e. The van der Waals surface area contributed by atoms with E-state index in [-0.39, 0.29) is 11.7 Å². The first kappa shape index (κ1) is 28.0. The molecule has 0 radical (unpaired) electrons. The van der Waals surface area contributed by atoms with E-state index >= 15 is 0 Å². The Balaban J connectivity index is 1.14. The number of likely N-dealkylation sites (tertiary alicyclic amines) is 1. The number of Topliss-reactive ketones (excluding diaryl/α,β-unsaturated/α-hetero) is 1. The van der Waals surface area contributed by atoms with Gasteiger partial charge >= 0.3 is 0 Å². The van der Waals surface area contributed by atoms with Crippen molar-refractivity contribution in [3.8, 4) is 5.75 Å². The maximum Gasteiger partial charge on any atom is 0.255 e. The lowest BCUT2D eigenvalue weighted by molar-refractivity contribution is 0.0932. The molecule has 3 aromatic rings. The van der Waals surface area contributed by atoms with Crippen molar-refractivity contribution in [3.05, 3.63) is 58.2 Å². The first-order valence-electron chi connectivity index (χ1n) is 13.5. The summed E-state index contributed by atoms with van der Waals surface area (Å²) in [6.45, 7) is 5.82. The molecule has 0 unspecified atom stereocenters. The molecule has 1 amide bonds. The van der Waals surface area contributed by atoms with Gasteiger partial charge in [-0.05, 0) is 76.4 Å². The predicted octanol–water partition coefficient (Wildman–Crippen LogP) is 5.62. The van der Waals surface area contributed by atoms with Crippen molar-refractivity contribution in [2.45, 2.75) is 45.4 Å². The Kier molecular flexibility index (Phi) is 9.34. The summed E-state index contributed by atoms with van der Waals surface area (Å²) < 4.78 is 7.34. The van der Waals surface area contributed by atoms with Crippen LogP contribution in [0.3, 0.4) is 0 Å². The van der Waals surface area contributed by atoms with Gasteiger partial charge in [-0.3, -0.25) is 9.59 Å². The number of piperidine rings is 1. The maximum absolute atomic E-state index is 12.9. The van der Waals surface area contributed by atoms with Crippen LogP contribution in [-0.2, 0) is 7.05 Å². The molecular formula is C30H39ClN4O3. The molecule has 204 valence electrons. The van der Waals surface area contributed by atoms with Crippen LogP contribution in [-0.4, -0.2) is 54.4 Å². The molecule has 0 atom stereocenters. The first-order chi connectivity index (χ1) is 18.3. The summed E-state index contributed by atoms with van der Waals surface area (Å²) in [7, 11) is 3.51. The lowest BCUT2D eigenvalue weighted by Gasteiger charge is -2.32. The van der Waals surface area contributed by atoms with Gasteiger partial charge in [0.2, 0.25) is 0 Å². The molecule has 0 spiro atoms. The zero-order valence-corrected chi connectivity index (χ0v) is 23.4. The second kappa shape index (κ2) is 12.7. The standard InChI is InChI=1S/C30H39ClN4O3/c1-20-8-9-27-22(15-20)24(19-34(27)2)28(36)7-5-4-6-12-35-13-10-21(11-14-35)18-33-30(37)23-16-25(31)26(32)17-29(23)38-3/h8-9,15-17,19,21H,4-7,10-14,18,32H2,1-3H3,(H,33,37). The van der Waals surface area contributed by atoms with Crippen LogP contribution in [0.25, 0.3) is 10.9 Å². The summed E-state index contributed by atoms with van der Waals surface area (Å²) >= 11 is 6.10. The number of nitrogens with zero attached hydrogens (tertiary/aromatic N) is 2. The molecule has 0 saturated carbocycles. The van der Waals surface area contributed by atoms with Gasteiger partial charge in [0, 0.05) is 48.7 Å². The minimum absolute atomic E-state index is 0.195. The summed E-state index contributed by atoms with van der Waals surface area (Å²) in [6.07, 6.45) is 7.75. The van der Waals surface area contributed by atoms with Crippen molar-refractivity contribution in [2.75, 3.05) is 39.0 Å². The maximum atomic E-state index is 12.9. The number of nitrogens with one attached hydrogen (secondary N) is 1. The number of ketones is 1. The molecule has 1 aliphatic heterocycles. The van der Waals surface area contributed by atoms with E-state index in [1.807, 2.05) is 17.8 Å². The minimum Gasteiger partial charge on any atom is -0.496 e. The zero-order valence-electron chi connectivity index (χ0n) is 22.7. The predicted molar refractivity (Wildman–Crippen MR) is 154 cm³/mol. The smallest absolute Gasteiger partial charge is 0.255 e.